The first kappa shape index (κ1) is 17.2. The van der Waals surface area contributed by atoms with E-state index in [1.54, 1.807) is 6.20 Å². The quantitative estimate of drug-likeness (QED) is 0.726. The van der Waals surface area contributed by atoms with Crippen LogP contribution >= 0.6 is 0 Å². The van der Waals surface area contributed by atoms with Gasteiger partial charge in [-0.1, -0.05) is 13.8 Å². The molecule has 5 rings (SSSR count). The van der Waals surface area contributed by atoms with Crippen molar-refractivity contribution >= 4 is 26.6 Å². The van der Waals surface area contributed by atoms with Crippen molar-refractivity contribution in [3.8, 4) is 0 Å². The Bertz CT molecular complexity index is 1100. The molecule has 144 valence electrons. The van der Waals surface area contributed by atoms with E-state index in [0.717, 1.165) is 48.3 Å². The minimum absolute atomic E-state index is 0.0754. The minimum Gasteiger partial charge on any atom is -0.345 e. The van der Waals surface area contributed by atoms with Crippen LogP contribution in [-0.4, -0.2) is 44.0 Å². The van der Waals surface area contributed by atoms with E-state index in [9.17, 15) is 8.42 Å². The first-order valence-electron chi connectivity index (χ1n) is 9.82. The molecular weight excluding hydrogens is 362 g/mol. The smallest absolute Gasteiger partial charge is 0.179 e. The standard InChI is InChI=1S/C19H25N5O2S/c1-11(2)14-7-12(10-27(25,26)13-3-4-13)8-15(14)19-23-22-17-9-21-18-16(24(17)19)5-6-20-18/h5-6,9,11-15,20H,3-4,7-8,10H2,1-2H3/t12-,14+,15-/m1/s1. The van der Waals surface area contributed by atoms with Gasteiger partial charge in [0.2, 0.25) is 0 Å². The van der Waals surface area contributed by atoms with E-state index in [-0.39, 0.29) is 17.1 Å². The summed E-state index contributed by atoms with van der Waals surface area (Å²) in [5.41, 5.74) is 2.54. The Labute approximate surface area is 158 Å². The predicted octanol–water partition coefficient (Wildman–Crippen LogP) is 2.95. The lowest BCUT2D eigenvalue weighted by molar-refractivity contribution is 0.343. The van der Waals surface area contributed by atoms with E-state index in [1.807, 2.05) is 12.3 Å². The largest absolute Gasteiger partial charge is 0.345 e. The maximum Gasteiger partial charge on any atom is 0.179 e. The third-order valence-corrected chi connectivity index (χ3v) is 8.79. The molecule has 2 fully saturated rings. The number of sulfone groups is 1. The van der Waals surface area contributed by atoms with Crippen LogP contribution < -0.4 is 0 Å². The molecule has 3 aromatic heterocycles. The Hall–Kier alpha value is -1.96. The average Bonchev–Trinajstić information content (AvgIpc) is 3.05. The second-order valence-corrected chi connectivity index (χ2v) is 10.9. The van der Waals surface area contributed by atoms with Gasteiger partial charge < -0.3 is 4.98 Å². The highest BCUT2D eigenvalue weighted by atomic mass is 32.2. The van der Waals surface area contributed by atoms with Gasteiger partial charge >= 0.3 is 0 Å². The van der Waals surface area contributed by atoms with Gasteiger partial charge in [-0.05, 0) is 49.5 Å². The first-order valence-corrected chi connectivity index (χ1v) is 11.5. The van der Waals surface area contributed by atoms with Crippen LogP contribution in [0.15, 0.2) is 18.5 Å². The van der Waals surface area contributed by atoms with E-state index in [0.29, 0.717) is 17.6 Å². The van der Waals surface area contributed by atoms with Crippen LogP contribution in [0.3, 0.4) is 0 Å². The molecule has 0 unspecified atom stereocenters. The van der Waals surface area contributed by atoms with Crippen LogP contribution in [0.4, 0.5) is 0 Å². The molecule has 0 spiro atoms. The molecule has 7 nitrogen and oxygen atoms in total. The number of rotatable bonds is 5. The summed E-state index contributed by atoms with van der Waals surface area (Å²) in [4.78, 5) is 7.54. The van der Waals surface area contributed by atoms with Gasteiger partial charge in [-0.15, -0.1) is 10.2 Å². The highest BCUT2D eigenvalue weighted by molar-refractivity contribution is 7.92. The van der Waals surface area contributed by atoms with Crippen LogP contribution in [0.2, 0.25) is 0 Å². The van der Waals surface area contributed by atoms with Crippen molar-refractivity contribution < 1.29 is 8.42 Å². The fourth-order valence-corrected chi connectivity index (χ4v) is 6.93. The molecule has 0 aromatic carbocycles. The summed E-state index contributed by atoms with van der Waals surface area (Å²) in [7, 11) is -2.94. The monoisotopic (exact) mass is 387 g/mol. The summed E-state index contributed by atoms with van der Waals surface area (Å²) in [6.45, 7) is 4.46. The lowest BCUT2D eigenvalue weighted by Gasteiger charge is -2.21. The molecule has 3 heterocycles. The van der Waals surface area contributed by atoms with Gasteiger partial charge in [-0.3, -0.25) is 4.40 Å². The molecular formula is C19H25N5O2S. The molecule has 8 heteroatoms. The topological polar surface area (TPSA) is 93.0 Å². The van der Waals surface area contributed by atoms with Crippen LogP contribution in [0.1, 0.15) is 51.3 Å². The van der Waals surface area contributed by atoms with Crippen molar-refractivity contribution in [1.82, 2.24) is 24.6 Å². The lowest BCUT2D eigenvalue weighted by atomic mass is 9.85. The number of hydrogen-bond acceptors (Lipinski definition) is 5. The molecule has 0 radical (unpaired) electrons. The molecule has 0 amide bonds. The summed E-state index contributed by atoms with van der Waals surface area (Å²) in [6.07, 6.45) is 7.12. The summed E-state index contributed by atoms with van der Waals surface area (Å²) < 4.78 is 27.1. The van der Waals surface area contributed by atoms with Crippen molar-refractivity contribution in [2.24, 2.45) is 17.8 Å². The fourth-order valence-electron chi connectivity index (χ4n) is 4.88. The summed E-state index contributed by atoms with van der Waals surface area (Å²) >= 11 is 0. The molecule has 0 bridgehead atoms. The van der Waals surface area contributed by atoms with Gasteiger partial charge in [0.25, 0.3) is 0 Å². The molecule has 1 N–H and O–H groups in total. The van der Waals surface area contributed by atoms with Crippen molar-refractivity contribution in [2.45, 2.75) is 50.7 Å². The third kappa shape index (κ3) is 2.85. The maximum absolute atomic E-state index is 12.5. The number of aromatic nitrogens is 5. The van der Waals surface area contributed by atoms with Crippen molar-refractivity contribution in [3.63, 3.8) is 0 Å². The number of nitrogens with zero attached hydrogens (tertiary/aromatic N) is 4. The average molecular weight is 388 g/mol. The molecule has 2 aliphatic carbocycles. The zero-order valence-corrected chi connectivity index (χ0v) is 16.5. The van der Waals surface area contributed by atoms with E-state index in [1.165, 1.54) is 0 Å². The zero-order chi connectivity index (χ0) is 18.8. The van der Waals surface area contributed by atoms with Gasteiger partial charge in [-0.25, -0.2) is 13.4 Å². The second-order valence-electron chi connectivity index (χ2n) is 8.60. The van der Waals surface area contributed by atoms with Crippen LogP contribution in [-0.2, 0) is 9.84 Å². The summed E-state index contributed by atoms with van der Waals surface area (Å²) in [6, 6.07) is 2.00. The Balaban J connectivity index is 1.53. The molecule has 3 aromatic rings. The van der Waals surface area contributed by atoms with E-state index < -0.39 is 9.84 Å². The van der Waals surface area contributed by atoms with Crippen LogP contribution in [0, 0.1) is 17.8 Å². The van der Waals surface area contributed by atoms with Crippen molar-refractivity contribution in [3.05, 3.63) is 24.3 Å². The highest BCUT2D eigenvalue weighted by Gasteiger charge is 2.44. The number of fused-ring (bicyclic) bond motifs is 3. The number of aromatic amines is 1. The number of H-pyrrole nitrogens is 1. The van der Waals surface area contributed by atoms with Crippen molar-refractivity contribution in [2.75, 3.05) is 5.75 Å². The summed E-state index contributed by atoms with van der Waals surface area (Å²) in [5, 5.41) is 8.80. The predicted molar refractivity (Wildman–Crippen MR) is 103 cm³/mol. The van der Waals surface area contributed by atoms with Crippen molar-refractivity contribution in [1.29, 1.82) is 0 Å². The molecule has 0 saturated heterocycles. The Morgan fingerprint density at radius 3 is 2.81 bits per heavy atom. The third-order valence-electron chi connectivity index (χ3n) is 6.36. The normalized spacial score (nSPS) is 26.6. The summed E-state index contributed by atoms with van der Waals surface area (Å²) in [5.74, 6) is 2.60. The van der Waals surface area contributed by atoms with Gasteiger partial charge in [0.1, 0.15) is 5.82 Å². The molecule has 27 heavy (non-hydrogen) atoms. The number of hydrogen-bond donors (Lipinski definition) is 1. The Morgan fingerprint density at radius 2 is 2.07 bits per heavy atom. The molecule has 3 atom stereocenters. The minimum atomic E-state index is -2.94. The van der Waals surface area contributed by atoms with Gasteiger partial charge in [0, 0.05) is 12.1 Å². The SMILES string of the molecule is CC(C)[C@@H]1C[C@@H](CS(=O)(=O)C2CC2)C[C@H]1c1nnc2cnc3[nH]ccc3n12. The van der Waals surface area contributed by atoms with E-state index in [2.05, 4.69) is 38.4 Å². The highest BCUT2D eigenvalue weighted by Crippen LogP contribution is 2.47. The molecule has 2 saturated carbocycles. The van der Waals surface area contributed by atoms with Gasteiger partial charge in [-0.2, -0.15) is 0 Å². The second kappa shape index (κ2) is 6.02. The first-order chi connectivity index (χ1) is 12.9. The van der Waals surface area contributed by atoms with Crippen LogP contribution in [0.5, 0.6) is 0 Å². The van der Waals surface area contributed by atoms with Gasteiger partial charge in [0.05, 0.1) is 22.7 Å². The number of nitrogens with one attached hydrogen (secondary N) is 1. The van der Waals surface area contributed by atoms with E-state index in [4.69, 9.17) is 0 Å². The lowest BCUT2D eigenvalue weighted by Crippen LogP contribution is -2.18. The zero-order valence-electron chi connectivity index (χ0n) is 15.7. The maximum atomic E-state index is 12.5. The van der Waals surface area contributed by atoms with Gasteiger partial charge in [0.15, 0.2) is 21.1 Å². The van der Waals surface area contributed by atoms with E-state index >= 15 is 0 Å². The van der Waals surface area contributed by atoms with Crippen LogP contribution in [0.25, 0.3) is 16.8 Å². The Morgan fingerprint density at radius 1 is 1.26 bits per heavy atom. The molecule has 0 aliphatic heterocycles. The fraction of sp³-hybridized carbons (Fsp3) is 0.632. The Kier molecular flexibility index (Phi) is 3.83. The molecule has 2 aliphatic rings.